The lowest BCUT2D eigenvalue weighted by molar-refractivity contribution is -0.331. The van der Waals surface area contributed by atoms with Crippen molar-refractivity contribution in [3.05, 3.63) is 215 Å². The van der Waals surface area contributed by atoms with Crippen LogP contribution < -0.4 is 0 Å². The predicted molar refractivity (Wildman–Crippen MR) is 248 cm³/mol. The summed E-state index contributed by atoms with van der Waals surface area (Å²) < 4.78 is 64.4. The summed E-state index contributed by atoms with van der Waals surface area (Å²) in [5.41, 5.74) is 5.42. The Morgan fingerprint density at radius 1 is 0.433 bits per heavy atom. The molecule has 12 nitrogen and oxygen atoms in total. The molecule has 0 bridgehead atoms. The van der Waals surface area contributed by atoms with Gasteiger partial charge in [0.15, 0.2) is 12.4 Å². The van der Waals surface area contributed by atoms with Gasteiger partial charge in [0.2, 0.25) is 6.29 Å². The Labute approximate surface area is 392 Å². The average Bonchev–Trinajstić information content (AvgIpc) is 3.38. The molecule has 0 radical (unpaired) electrons. The van der Waals surface area contributed by atoms with Crippen molar-refractivity contribution in [2.75, 3.05) is 13.7 Å². The van der Waals surface area contributed by atoms with Gasteiger partial charge < -0.3 is 52.5 Å². The highest BCUT2D eigenvalue weighted by atomic mass is 16.8. The minimum atomic E-state index is -1.55. The van der Waals surface area contributed by atoms with E-state index in [1.165, 1.54) is 7.11 Å². The number of carbonyl (C=O) groups is 1. The molecule has 12 heteroatoms. The summed E-state index contributed by atoms with van der Waals surface area (Å²) in [5, 5.41) is 12.3. The summed E-state index contributed by atoms with van der Waals surface area (Å²) >= 11 is 0. The fraction of sp³-hybridized carbons (Fsp3) is 0.327. The topological polar surface area (TPSA) is 130 Å². The highest BCUT2D eigenvalue weighted by molar-refractivity contribution is 5.76. The number of aliphatic hydroxyl groups is 1. The predicted octanol–water partition coefficient (Wildman–Crippen LogP) is 8.13. The van der Waals surface area contributed by atoms with Gasteiger partial charge in [0.25, 0.3) is 0 Å². The first-order valence-electron chi connectivity index (χ1n) is 22.6. The third kappa shape index (κ3) is 13.5. The standard InChI is InChI=1S/C55H58O12/c1-58-55-52(64-37-44-30-18-7-19-31-44)50(63-36-43-28-16-6-17-29-43)49(62-35-42-26-14-5-15-27-42)51(66-55)53(57)67-54-46(56)48(61-34-41-24-12-4-13-25-41)47(60-33-40-22-10-3-11-23-40)45(65-54)38-59-32-39-20-8-2-9-21-39/h2-31,45-52,54-56H,32-38H2,1H3/t45-,46-,47-,48-,49+,50+,51+,52-,54+,55+/m1/s1. The van der Waals surface area contributed by atoms with Crippen molar-refractivity contribution >= 4 is 5.97 Å². The number of aliphatic hydroxyl groups excluding tert-OH is 1. The van der Waals surface area contributed by atoms with Gasteiger partial charge in [-0.2, -0.15) is 0 Å². The lowest BCUT2D eigenvalue weighted by Gasteiger charge is -2.46. The number of methoxy groups -OCH3 is 1. The molecular weight excluding hydrogens is 853 g/mol. The largest absolute Gasteiger partial charge is 0.431 e. The van der Waals surface area contributed by atoms with Crippen LogP contribution in [-0.2, 0) is 91.8 Å². The Morgan fingerprint density at radius 2 is 0.791 bits per heavy atom. The highest BCUT2D eigenvalue weighted by Gasteiger charge is 2.54. The molecule has 0 spiro atoms. The number of hydrogen-bond donors (Lipinski definition) is 1. The second-order valence-corrected chi connectivity index (χ2v) is 16.4. The van der Waals surface area contributed by atoms with Crippen molar-refractivity contribution in [3.8, 4) is 0 Å². The molecule has 2 aliphatic rings. The summed E-state index contributed by atoms with van der Waals surface area (Å²) in [6, 6.07) is 58.0. The normalized spacial score (nSPS) is 25.0. The van der Waals surface area contributed by atoms with E-state index in [0.29, 0.717) is 0 Å². The van der Waals surface area contributed by atoms with Gasteiger partial charge in [0.1, 0.15) is 42.7 Å². The number of hydrogen-bond acceptors (Lipinski definition) is 12. The minimum absolute atomic E-state index is 0.0185. The van der Waals surface area contributed by atoms with Crippen LogP contribution in [-0.4, -0.2) is 86.2 Å². The van der Waals surface area contributed by atoms with Crippen molar-refractivity contribution in [2.24, 2.45) is 0 Å². The van der Waals surface area contributed by atoms with Gasteiger partial charge in [0.05, 0.1) is 46.2 Å². The Balaban J connectivity index is 1.09. The summed E-state index contributed by atoms with van der Waals surface area (Å²) in [6.07, 6.45) is -11.2. The lowest BCUT2D eigenvalue weighted by Crippen LogP contribution is -2.64. The number of benzene rings is 6. The van der Waals surface area contributed by atoms with E-state index < -0.39 is 67.4 Å². The molecule has 8 rings (SSSR count). The molecule has 1 N–H and O–H groups in total. The van der Waals surface area contributed by atoms with Crippen LogP contribution in [0.3, 0.4) is 0 Å². The van der Waals surface area contributed by atoms with E-state index in [1.54, 1.807) is 0 Å². The molecule has 6 aromatic carbocycles. The van der Waals surface area contributed by atoms with Crippen LogP contribution in [0.2, 0.25) is 0 Å². The van der Waals surface area contributed by atoms with Gasteiger partial charge in [0, 0.05) is 7.11 Å². The summed E-state index contributed by atoms with van der Waals surface area (Å²) in [7, 11) is 1.48. The van der Waals surface area contributed by atoms with Gasteiger partial charge in [-0.05, 0) is 33.4 Å². The third-order valence-electron chi connectivity index (χ3n) is 11.6. The summed E-state index contributed by atoms with van der Waals surface area (Å²) in [5.74, 6) is -0.881. The van der Waals surface area contributed by atoms with Gasteiger partial charge in [-0.25, -0.2) is 4.79 Å². The van der Waals surface area contributed by atoms with Crippen molar-refractivity contribution in [3.63, 3.8) is 0 Å². The number of rotatable bonds is 22. The van der Waals surface area contributed by atoms with Crippen LogP contribution in [0.1, 0.15) is 33.4 Å². The van der Waals surface area contributed by atoms with Crippen molar-refractivity contribution in [1.29, 1.82) is 0 Å². The van der Waals surface area contributed by atoms with Crippen LogP contribution in [0, 0.1) is 0 Å². The van der Waals surface area contributed by atoms with E-state index in [2.05, 4.69) is 0 Å². The van der Waals surface area contributed by atoms with Gasteiger partial charge >= 0.3 is 5.97 Å². The quantitative estimate of drug-likeness (QED) is 0.0661. The van der Waals surface area contributed by atoms with E-state index in [0.717, 1.165) is 33.4 Å². The zero-order chi connectivity index (χ0) is 46.0. The Morgan fingerprint density at radius 3 is 1.21 bits per heavy atom. The van der Waals surface area contributed by atoms with Gasteiger partial charge in [-0.3, -0.25) is 0 Å². The van der Waals surface area contributed by atoms with Gasteiger partial charge in [-0.1, -0.05) is 182 Å². The third-order valence-corrected chi connectivity index (χ3v) is 11.6. The summed E-state index contributed by atoms with van der Waals surface area (Å²) in [6.45, 7) is 1.10. The molecule has 0 saturated carbocycles. The van der Waals surface area contributed by atoms with E-state index in [-0.39, 0.29) is 46.2 Å². The van der Waals surface area contributed by atoms with E-state index >= 15 is 0 Å². The van der Waals surface area contributed by atoms with Crippen LogP contribution in [0.4, 0.5) is 0 Å². The molecule has 10 atom stereocenters. The van der Waals surface area contributed by atoms with Crippen LogP contribution in [0.25, 0.3) is 0 Å². The minimum Gasteiger partial charge on any atom is -0.431 e. The zero-order valence-corrected chi connectivity index (χ0v) is 37.5. The summed E-state index contributed by atoms with van der Waals surface area (Å²) in [4.78, 5) is 14.9. The molecular formula is C55H58O12. The molecule has 2 saturated heterocycles. The maximum Gasteiger partial charge on any atom is 0.340 e. The van der Waals surface area contributed by atoms with Crippen LogP contribution in [0.5, 0.6) is 0 Å². The maximum absolute atomic E-state index is 14.9. The monoisotopic (exact) mass is 910 g/mol. The SMILES string of the molecule is CO[C@H]1O[C@H](C(=O)O[C@@H]2O[C@H](COCc3ccccc3)[C@@H](OCc3ccccc3)[C@H](OCc3ccccc3)[C@H]2O)[C@@H](OCc2ccccc2)[C@H](OCc2ccccc2)[C@H]1OCc1ccccc1. The van der Waals surface area contributed by atoms with Crippen LogP contribution >= 0.6 is 0 Å². The molecule has 2 fully saturated rings. The Kier molecular flexibility index (Phi) is 17.8. The maximum atomic E-state index is 14.9. The molecule has 6 aromatic rings. The number of ether oxygens (including phenoxy) is 10. The second kappa shape index (κ2) is 25.0. The number of esters is 1. The molecule has 2 aliphatic heterocycles. The van der Waals surface area contributed by atoms with Crippen molar-refractivity contribution < 1.29 is 57.3 Å². The first-order valence-corrected chi connectivity index (χ1v) is 22.6. The van der Waals surface area contributed by atoms with E-state index in [9.17, 15) is 9.90 Å². The molecule has 0 amide bonds. The molecule has 0 unspecified atom stereocenters. The Hall–Kier alpha value is -5.61. The first kappa shape index (κ1) is 47.9. The fourth-order valence-corrected chi connectivity index (χ4v) is 8.14. The molecule has 0 aliphatic carbocycles. The molecule has 350 valence electrons. The van der Waals surface area contributed by atoms with E-state index in [1.807, 2.05) is 182 Å². The smallest absolute Gasteiger partial charge is 0.340 e. The second-order valence-electron chi connectivity index (χ2n) is 16.4. The van der Waals surface area contributed by atoms with Gasteiger partial charge in [-0.15, -0.1) is 0 Å². The van der Waals surface area contributed by atoms with Crippen molar-refractivity contribution in [2.45, 2.75) is 101 Å². The number of carbonyl (C=O) groups excluding carboxylic acids is 1. The molecule has 67 heavy (non-hydrogen) atoms. The highest BCUT2D eigenvalue weighted by Crippen LogP contribution is 2.34. The van der Waals surface area contributed by atoms with Crippen LogP contribution in [0.15, 0.2) is 182 Å². The zero-order valence-electron chi connectivity index (χ0n) is 37.5. The Bertz CT molecular complexity index is 2310. The average molecular weight is 911 g/mol. The van der Waals surface area contributed by atoms with E-state index in [4.69, 9.17) is 47.4 Å². The van der Waals surface area contributed by atoms with Crippen molar-refractivity contribution in [1.82, 2.24) is 0 Å². The first-order chi connectivity index (χ1) is 33.0. The fourth-order valence-electron chi connectivity index (χ4n) is 8.14. The lowest BCUT2D eigenvalue weighted by atomic mass is 9.96. The molecule has 2 heterocycles. The molecule has 0 aromatic heterocycles.